The van der Waals surface area contributed by atoms with Crippen LogP contribution in [-0.4, -0.2) is 15.9 Å². The molecule has 4 nitrogen and oxygen atoms in total. The van der Waals surface area contributed by atoms with Gasteiger partial charge in [-0.15, -0.1) is 0 Å². The molecular weight excluding hydrogens is 346 g/mol. The van der Waals surface area contributed by atoms with Gasteiger partial charge in [0.25, 0.3) is 0 Å². The number of fused-ring (bicyclic) bond motifs is 1. The van der Waals surface area contributed by atoms with E-state index in [9.17, 15) is 9.00 Å². The molecular formula is C18H18ClNO3S. The molecule has 1 amide bonds. The minimum atomic E-state index is -1.37. The van der Waals surface area contributed by atoms with Crippen molar-refractivity contribution in [2.75, 3.05) is 5.75 Å². The van der Waals surface area contributed by atoms with Crippen LogP contribution in [0, 0.1) is 0 Å². The summed E-state index contributed by atoms with van der Waals surface area (Å²) in [6.45, 7) is 0. The van der Waals surface area contributed by atoms with Gasteiger partial charge in [0.1, 0.15) is 11.3 Å². The summed E-state index contributed by atoms with van der Waals surface area (Å²) in [5.41, 5.74) is 7.36. The summed E-state index contributed by atoms with van der Waals surface area (Å²) in [4.78, 5) is 10.9. The van der Waals surface area contributed by atoms with Crippen LogP contribution in [0.3, 0.4) is 0 Å². The zero-order valence-corrected chi connectivity index (χ0v) is 13.7. The second-order valence-corrected chi connectivity index (χ2v) is 6.93. The van der Waals surface area contributed by atoms with Gasteiger partial charge in [0.05, 0.1) is 5.02 Å². The van der Waals surface area contributed by atoms with Crippen LogP contribution in [-0.2, 0) is 21.3 Å². The van der Waals surface area contributed by atoms with E-state index in [0.717, 1.165) is 16.5 Å². The van der Waals surface area contributed by atoms with Crippen LogP contribution >= 0.6 is 11.6 Å². The van der Waals surface area contributed by atoms with Gasteiger partial charge in [0.2, 0.25) is 5.91 Å². The number of halogens is 1. The smallest absolute Gasteiger partial charge is 0.230 e. The number of hydrogen-bond donors (Lipinski definition) is 1. The van der Waals surface area contributed by atoms with Gasteiger partial charge in [-0.3, -0.25) is 9.00 Å². The van der Waals surface area contributed by atoms with Crippen molar-refractivity contribution < 1.29 is 13.4 Å². The van der Waals surface area contributed by atoms with Crippen LogP contribution in [0.1, 0.15) is 13.0 Å². The number of rotatable bonds is 5. The van der Waals surface area contributed by atoms with E-state index in [-0.39, 0.29) is 18.9 Å². The number of benzene rings is 2. The molecule has 0 radical (unpaired) electrons. The number of furan rings is 1. The van der Waals surface area contributed by atoms with E-state index in [2.05, 4.69) is 0 Å². The lowest BCUT2D eigenvalue weighted by molar-refractivity contribution is -0.115. The highest BCUT2D eigenvalue weighted by Gasteiger charge is 2.17. The lowest BCUT2D eigenvalue weighted by atomic mass is 10.1. The first-order valence-electron chi connectivity index (χ1n) is 6.95. The summed E-state index contributed by atoms with van der Waals surface area (Å²) in [6, 6.07) is 14.9. The SMILES string of the molecule is C.NC(=O)CS(=O)Cc1ccccc1-c1oc2ccccc2c1Cl. The predicted molar refractivity (Wildman–Crippen MR) is 99.3 cm³/mol. The van der Waals surface area contributed by atoms with Gasteiger partial charge in [-0.05, 0) is 17.7 Å². The predicted octanol–water partition coefficient (Wildman–Crippen LogP) is 4.12. The van der Waals surface area contributed by atoms with E-state index in [1.165, 1.54) is 0 Å². The average molecular weight is 364 g/mol. The number of nitrogens with two attached hydrogens (primary N) is 1. The molecule has 1 aromatic heterocycles. The topological polar surface area (TPSA) is 73.3 Å². The number of hydrogen-bond acceptors (Lipinski definition) is 3. The van der Waals surface area contributed by atoms with Gasteiger partial charge in [0.15, 0.2) is 5.76 Å². The molecule has 126 valence electrons. The van der Waals surface area contributed by atoms with E-state index >= 15 is 0 Å². The highest BCUT2D eigenvalue weighted by Crippen LogP contribution is 2.38. The molecule has 2 aromatic carbocycles. The van der Waals surface area contributed by atoms with Gasteiger partial charge in [-0.25, -0.2) is 0 Å². The lowest BCUT2D eigenvalue weighted by Crippen LogP contribution is -2.20. The minimum absolute atomic E-state index is 0. The fraction of sp³-hybridized carbons (Fsp3) is 0.167. The largest absolute Gasteiger partial charge is 0.454 e. The molecule has 0 saturated heterocycles. The Labute approximate surface area is 148 Å². The first kappa shape index (κ1) is 18.2. The number of carbonyl (C=O) groups excluding carboxylic acids is 1. The normalized spacial score (nSPS) is 11.9. The Bertz CT molecular complexity index is 904. The Hall–Kier alpha value is -2.11. The molecule has 2 N–H and O–H groups in total. The Morgan fingerprint density at radius 2 is 1.79 bits per heavy atom. The highest BCUT2D eigenvalue weighted by atomic mass is 35.5. The van der Waals surface area contributed by atoms with Crippen LogP contribution in [0.25, 0.3) is 22.3 Å². The lowest BCUT2D eigenvalue weighted by Gasteiger charge is -2.07. The van der Waals surface area contributed by atoms with Gasteiger partial charge < -0.3 is 10.2 Å². The molecule has 0 aliphatic heterocycles. The van der Waals surface area contributed by atoms with E-state index in [0.29, 0.717) is 16.4 Å². The number of carbonyl (C=O) groups is 1. The summed E-state index contributed by atoms with van der Waals surface area (Å²) in [5, 5.41) is 1.35. The maximum atomic E-state index is 12.0. The maximum Gasteiger partial charge on any atom is 0.230 e. The molecule has 0 aliphatic rings. The van der Waals surface area contributed by atoms with Crippen molar-refractivity contribution in [2.24, 2.45) is 5.73 Å². The third-order valence-electron chi connectivity index (χ3n) is 3.42. The van der Waals surface area contributed by atoms with E-state index in [4.69, 9.17) is 21.8 Å². The Kier molecular flexibility index (Phi) is 5.80. The monoisotopic (exact) mass is 363 g/mol. The summed E-state index contributed by atoms with van der Waals surface area (Å²) in [5.74, 6) is 0.0106. The molecule has 0 fully saturated rings. The van der Waals surface area contributed by atoms with Gasteiger partial charge in [-0.1, -0.05) is 55.4 Å². The Balaban J connectivity index is 0.00000208. The van der Waals surface area contributed by atoms with Crippen molar-refractivity contribution in [3.8, 4) is 11.3 Å². The molecule has 24 heavy (non-hydrogen) atoms. The number of primary amides is 1. The van der Waals surface area contributed by atoms with Crippen molar-refractivity contribution in [2.45, 2.75) is 13.2 Å². The summed E-state index contributed by atoms with van der Waals surface area (Å²) >= 11 is 6.44. The standard InChI is InChI=1S/C17H14ClNO3S.CH4/c18-16-13-7-3-4-8-14(13)22-17(16)12-6-2-1-5-11(12)9-23(21)10-15(19)20;/h1-8H,9-10H2,(H2,19,20);1H4. The third-order valence-corrected chi connectivity index (χ3v) is 5.03. The van der Waals surface area contributed by atoms with Crippen molar-refractivity contribution in [3.63, 3.8) is 0 Å². The molecule has 0 spiro atoms. The Morgan fingerprint density at radius 3 is 2.50 bits per heavy atom. The molecule has 0 aliphatic carbocycles. The van der Waals surface area contributed by atoms with Gasteiger partial charge in [0, 0.05) is 27.5 Å². The highest BCUT2D eigenvalue weighted by molar-refractivity contribution is 7.84. The average Bonchev–Trinajstić information content (AvgIpc) is 2.84. The molecule has 1 unspecified atom stereocenters. The van der Waals surface area contributed by atoms with Crippen LogP contribution in [0.2, 0.25) is 5.02 Å². The molecule has 0 bridgehead atoms. The quantitative estimate of drug-likeness (QED) is 0.740. The van der Waals surface area contributed by atoms with Crippen LogP contribution < -0.4 is 5.73 Å². The van der Waals surface area contributed by atoms with Crippen LogP contribution in [0.4, 0.5) is 0 Å². The molecule has 0 saturated carbocycles. The third kappa shape index (κ3) is 3.68. The fourth-order valence-electron chi connectivity index (χ4n) is 2.44. The van der Waals surface area contributed by atoms with Crippen molar-refractivity contribution in [1.82, 2.24) is 0 Å². The first-order valence-corrected chi connectivity index (χ1v) is 8.81. The molecule has 1 heterocycles. The maximum absolute atomic E-state index is 12.0. The summed E-state index contributed by atoms with van der Waals surface area (Å²) < 4.78 is 17.9. The van der Waals surface area contributed by atoms with Crippen molar-refractivity contribution in [1.29, 1.82) is 0 Å². The van der Waals surface area contributed by atoms with Crippen LogP contribution in [0.5, 0.6) is 0 Å². The summed E-state index contributed by atoms with van der Waals surface area (Å²) in [6.07, 6.45) is 0. The minimum Gasteiger partial charge on any atom is -0.454 e. The fourth-order valence-corrected chi connectivity index (χ4v) is 3.75. The summed E-state index contributed by atoms with van der Waals surface area (Å²) in [7, 11) is -1.37. The van der Waals surface area contributed by atoms with E-state index in [1.54, 1.807) is 0 Å². The molecule has 1 atom stereocenters. The first-order chi connectivity index (χ1) is 11.1. The number of amides is 1. The molecule has 3 rings (SSSR count). The van der Waals surface area contributed by atoms with Crippen molar-refractivity contribution in [3.05, 3.63) is 59.1 Å². The van der Waals surface area contributed by atoms with Crippen molar-refractivity contribution >= 4 is 39.3 Å². The zero-order valence-electron chi connectivity index (χ0n) is 12.1. The van der Waals surface area contributed by atoms with E-state index < -0.39 is 16.7 Å². The zero-order chi connectivity index (χ0) is 16.4. The van der Waals surface area contributed by atoms with Gasteiger partial charge >= 0.3 is 0 Å². The molecule has 3 aromatic rings. The second-order valence-electron chi connectivity index (χ2n) is 5.09. The molecule has 6 heteroatoms. The number of para-hydroxylation sites is 1. The Morgan fingerprint density at radius 1 is 1.12 bits per heavy atom. The van der Waals surface area contributed by atoms with Gasteiger partial charge in [-0.2, -0.15) is 0 Å². The van der Waals surface area contributed by atoms with E-state index in [1.807, 2.05) is 48.5 Å². The van der Waals surface area contributed by atoms with Crippen LogP contribution in [0.15, 0.2) is 52.9 Å². The second kappa shape index (κ2) is 7.64.